The normalized spacial score (nSPS) is 37.5. The van der Waals surface area contributed by atoms with Gasteiger partial charge in [-0.1, -0.05) is 18.2 Å². The summed E-state index contributed by atoms with van der Waals surface area (Å²) >= 11 is 6.34. The number of benzene rings is 1. The zero-order valence-electron chi connectivity index (χ0n) is 15.6. The number of alkyl halides is 1. The molecule has 2 heterocycles. The van der Waals surface area contributed by atoms with E-state index in [1.54, 1.807) is 0 Å². The lowest BCUT2D eigenvalue weighted by Crippen LogP contribution is -2.50. The van der Waals surface area contributed by atoms with Crippen molar-refractivity contribution in [3.05, 3.63) is 35.9 Å². The Morgan fingerprint density at radius 1 is 1.12 bits per heavy atom. The average Bonchev–Trinajstić information content (AvgIpc) is 2.91. The summed E-state index contributed by atoms with van der Waals surface area (Å²) in [5, 5.41) is 0.364. The van der Waals surface area contributed by atoms with Gasteiger partial charge >= 0.3 is 5.97 Å². The van der Waals surface area contributed by atoms with Crippen molar-refractivity contribution in [2.24, 2.45) is 17.8 Å². The summed E-state index contributed by atoms with van der Waals surface area (Å²) in [6.45, 7) is 0.556. The van der Waals surface area contributed by atoms with Crippen LogP contribution in [-0.4, -0.2) is 42.0 Å². The van der Waals surface area contributed by atoms with Crippen molar-refractivity contribution in [1.29, 1.82) is 0 Å². The Hall–Kier alpha value is -1.06. The Kier molecular flexibility index (Phi) is 5.56. The molecule has 1 saturated carbocycles. The largest absolute Gasteiger partial charge is 0.462 e. The second-order valence-corrected chi connectivity index (χ2v) is 9.12. The summed E-state index contributed by atoms with van der Waals surface area (Å²) in [5.41, 5.74) is 0.653. The van der Waals surface area contributed by atoms with Gasteiger partial charge in [0, 0.05) is 23.4 Å². The molecule has 2 saturated heterocycles. The first-order valence-electron chi connectivity index (χ1n) is 10.2. The van der Waals surface area contributed by atoms with Crippen LogP contribution in [0.2, 0.25) is 0 Å². The number of ether oxygens (including phenoxy) is 1. The number of hydrogen-bond acceptors (Lipinski definition) is 3. The van der Waals surface area contributed by atoms with Crippen molar-refractivity contribution in [2.45, 2.75) is 62.4 Å². The number of hydrogen-bond donors (Lipinski definition) is 0. The number of rotatable bonds is 4. The number of carbonyl (C=O) groups excluding carboxylic acids is 1. The van der Waals surface area contributed by atoms with Gasteiger partial charge in [-0.2, -0.15) is 0 Å². The maximum atomic E-state index is 12.4. The maximum Gasteiger partial charge on any atom is 0.338 e. The Balaban J connectivity index is 1.45. The van der Waals surface area contributed by atoms with Gasteiger partial charge in [0.1, 0.15) is 0 Å². The maximum absolute atomic E-state index is 12.4. The Morgan fingerprint density at radius 3 is 2.58 bits per heavy atom. The summed E-state index contributed by atoms with van der Waals surface area (Å²) in [6.07, 6.45) is 8.57. The van der Waals surface area contributed by atoms with E-state index in [2.05, 4.69) is 11.9 Å². The highest BCUT2D eigenvalue weighted by molar-refractivity contribution is 6.20. The third-order valence-corrected chi connectivity index (χ3v) is 7.64. The molecule has 0 aromatic heterocycles. The number of esters is 1. The molecule has 4 atom stereocenters. The van der Waals surface area contributed by atoms with Crippen LogP contribution in [0.3, 0.4) is 0 Å². The molecule has 1 aliphatic carbocycles. The molecule has 3 aliphatic rings. The zero-order valence-corrected chi connectivity index (χ0v) is 16.4. The number of piperidine rings is 1. The topological polar surface area (TPSA) is 29.5 Å². The number of halogens is 1. The quantitative estimate of drug-likeness (QED) is 0.562. The van der Waals surface area contributed by atoms with Gasteiger partial charge in [-0.05, 0) is 76.0 Å². The van der Waals surface area contributed by atoms with Crippen molar-refractivity contribution >= 4 is 17.6 Å². The lowest BCUT2D eigenvalue weighted by Gasteiger charge is -2.47. The lowest BCUT2D eigenvalue weighted by atomic mass is 9.68. The van der Waals surface area contributed by atoms with Gasteiger partial charge in [0.05, 0.1) is 12.2 Å². The molecule has 1 aromatic carbocycles. The van der Waals surface area contributed by atoms with Gasteiger partial charge in [0.15, 0.2) is 0 Å². The summed E-state index contributed by atoms with van der Waals surface area (Å²) in [4.78, 5) is 15.0. The van der Waals surface area contributed by atoms with Crippen LogP contribution in [0, 0.1) is 17.8 Å². The SMILES string of the molecule is CN1C2CCC1C(COC(=O)c1ccccc1)C(C1CCC(Cl)CC1)C2. The molecule has 0 spiro atoms. The third-order valence-electron chi connectivity index (χ3n) is 7.21. The Morgan fingerprint density at radius 2 is 1.85 bits per heavy atom. The van der Waals surface area contributed by atoms with Crippen LogP contribution in [0.5, 0.6) is 0 Å². The molecule has 4 unspecified atom stereocenters. The summed E-state index contributed by atoms with van der Waals surface area (Å²) in [5.74, 6) is 1.71. The van der Waals surface area contributed by atoms with Crippen LogP contribution in [0.15, 0.2) is 30.3 Å². The van der Waals surface area contributed by atoms with Crippen molar-refractivity contribution in [2.75, 3.05) is 13.7 Å². The van der Waals surface area contributed by atoms with Crippen LogP contribution in [-0.2, 0) is 4.74 Å². The fourth-order valence-corrected chi connectivity index (χ4v) is 5.98. The third kappa shape index (κ3) is 3.66. The van der Waals surface area contributed by atoms with Crippen LogP contribution >= 0.6 is 11.6 Å². The standard InChI is InChI=1S/C22H30ClNO2/c1-24-18-11-12-21(24)20(14-26-22(25)16-5-3-2-4-6-16)19(13-18)15-7-9-17(23)10-8-15/h2-6,15,17-21H,7-14H2,1H3. The van der Waals surface area contributed by atoms with Gasteiger partial charge in [0.2, 0.25) is 0 Å². The van der Waals surface area contributed by atoms with E-state index in [4.69, 9.17) is 16.3 Å². The molecule has 0 radical (unpaired) electrons. The van der Waals surface area contributed by atoms with Crippen molar-refractivity contribution in [3.8, 4) is 0 Å². The first-order valence-corrected chi connectivity index (χ1v) is 10.7. The van der Waals surface area contributed by atoms with Crippen LogP contribution in [0.4, 0.5) is 0 Å². The lowest BCUT2D eigenvalue weighted by molar-refractivity contribution is -0.0168. The fraction of sp³-hybridized carbons (Fsp3) is 0.682. The van der Waals surface area contributed by atoms with Crippen molar-refractivity contribution in [3.63, 3.8) is 0 Å². The van der Waals surface area contributed by atoms with E-state index in [0.29, 0.717) is 35.4 Å². The number of carbonyl (C=O) groups is 1. The molecule has 1 aromatic rings. The first-order chi connectivity index (χ1) is 12.6. The molecule has 142 valence electrons. The first kappa shape index (κ1) is 18.3. The van der Waals surface area contributed by atoms with E-state index in [0.717, 1.165) is 24.8 Å². The van der Waals surface area contributed by atoms with E-state index < -0.39 is 0 Å². The monoisotopic (exact) mass is 375 g/mol. The Bertz CT molecular complexity index is 614. The molecule has 4 heteroatoms. The minimum Gasteiger partial charge on any atom is -0.462 e. The van der Waals surface area contributed by atoms with E-state index in [9.17, 15) is 4.79 Å². The molecule has 0 N–H and O–H groups in total. The second-order valence-electron chi connectivity index (χ2n) is 8.50. The second kappa shape index (κ2) is 7.90. The van der Waals surface area contributed by atoms with Crippen molar-refractivity contribution < 1.29 is 9.53 Å². The Labute approximate surface area is 162 Å². The van der Waals surface area contributed by atoms with Gasteiger partial charge in [-0.25, -0.2) is 4.79 Å². The summed E-state index contributed by atoms with van der Waals surface area (Å²) in [7, 11) is 2.26. The van der Waals surface area contributed by atoms with Crippen LogP contribution < -0.4 is 0 Å². The molecular weight excluding hydrogens is 346 g/mol. The number of fused-ring (bicyclic) bond motifs is 2. The molecule has 2 aliphatic heterocycles. The predicted octanol–water partition coefficient (Wildman–Crippen LogP) is 4.74. The van der Waals surface area contributed by atoms with Gasteiger partial charge in [0.25, 0.3) is 0 Å². The van der Waals surface area contributed by atoms with Crippen LogP contribution in [0.1, 0.15) is 55.3 Å². The van der Waals surface area contributed by atoms with E-state index >= 15 is 0 Å². The molecular formula is C22H30ClNO2. The highest BCUT2D eigenvalue weighted by Gasteiger charge is 2.48. The highest BCUT2D eigenvalue weighted by atomic mass is 35.5. The van der Waals surface area contributed by atoms with Gasteiger partial charge in [-0.3, -0.25) is 0 Å². The van der Waals surface area contributed by atoms with Gasteiger partial charge in [-0.15, -0.1) is 11.6 Å². The minimum absolute atomic E-state index is 0.184. The molecule has 26 heavy (non-hydrogen) atoms. The highest BCUT2D eigenvalue weighted by Crippen LogP contribution is 2.48. The smallest absolute Gasteiger partial charge is 0.338 e. The van der Waals surface area contributed by atoms with Gasteiger partial charge < -0.3 is 9.64 Å². The van der Waals surface area contributed by atoms with Crippen molar-refractivity contribution in [1.82, 2.24) is 4.90 Å². The zero-order chi connectivity index (χ0) is 18.1. The number of nitrogens with zero attached hydrogens (tertiary/aromatic N) is 1. The molecule has 0 amide bonds. The van der Waals surface area contributed by atoms with E-state index in [1.807, 2.05) is 30.3 Å². The molecule has 3 nitrogen and oxygen atoms in total. The molecule has 3 fully saturated rings. The molecule has 4 rings (SSSR count). The van der Waals surface area contributed by atoms with Crippen LogP contribution in [0.25, 0.3) is 0 Å². The summed E-state index contributed by atoms with van der Waals surface area (Å²) in [6, 6.07) is 10.7. The fourth-order valence-electron chi connectivity index (χ4n) is 5.73. The summed E-state index contributed by atoms with van der Waals surface area (Å²) < 4.78 is 5.82. The molecule has 2 bridgehead atoms. The van der Waals surface area contributed by atoms with E-state index in [1.165, 1.54) is 32.1 Å². The minimum atomic E-state index is -0.184. The predicted molar refractivity (Wildman–Crippen MR) is 104 cm³/mol. The van der Waals surface area contributed by atoms with E-state index in [-0.39, 0.29) is 5.97 Å². The average molecular weight is 376 g/mol.